The molecule has 92 valence electrons. The molecule has 1 aromatic carbocycles. The fourth-order valence-corrected chi connectivity index (χ4v) is 1.71. The average molecular weight is 273 g/mol. The molecule has 0 saturated carbocycles. The lowest BCUT2D eigenvalue weighted by Gasteiger charge is -2.17. The molecule has 0 fully saturated rings. The normalized spacial score (nSPS) is 11.8. The first-order chi connectivity index (χ1) is 7.76. The summed E-state index contributed by atoms with van der Waals surface area (Å²) in [6.45, 7) is 5.44. The van der Waals surface area contributed by atoms with Gasteiger partial charge in [0.25, 0.3) is 0 Å². The van der Waals surface area contributed by atoms with Gasteiger partial charge in [0.1, 0.15) is 5.60 Å². The minimum Gasteiger partial charge on any atom is -0.457 e. The van der Waals surface area contributed by atoms with Gasteiger partial charge in [-0.25, -0.2) is 4.79 Å². The zero-order valence-corrected chi connectivity index (χ0v) is 11.5. The third kappa shape index (κ3) is 5.76. The number of hydrogen-bond donors (Lipinski definition) is 0. The summed E-state index contributed by atoms with van der Waals surface area (Å²) in [5.74, 6) is -0.395. The third-order valence-electron chi connectivity index (χ3n) is 1.70. The Bertz CT molecular complexity index is 425. The van der Waals surface area contributed by atoms with Crippen LogP contribution in [-0.4, -0.2) is 11.6 Å². The maximum atomic E-state index is 11.4. The highest BCUT2D eigenvalue weighted by Crippen LogP contribution is 2.20. The van der Waals surface area contributed by atoms with Crippen molar-refractivity contribution in [3.63, 3.8) is 0 Å². The number of benzene rings is 1. The molecule has 2 nitrogen and oxygen atoms in total. The Kier molecular flexibility index (Phi) is 4.61. The lowest BCUT2D eigenvalue weighted by Crippen LogP contribution is -2.22. The smallest absolute Gasteiger partial charge is 0.331 e. The Balaban J connectivity index is 2.74. The van der Waals surface area contributed by atoms with E-state index in [9.17, 15) is 4.79 Å². The Labute approximate surface area is 111 Å². The van der Waals surface area contributed by atoms with Crippen molar-refractivity contribution in [1.29, 1.82) is 0 Å². The van der Waals surface area contributed by atoms with Crippen molar-refractivity contribution in [3.8, 4) is 0 Å². The molecule has 0 atom stereocenters. The first kappa shape index (κ1) is 14.1. The van der Waals surface area contributed by atoms with Gasteiger partial charge in [-0.3, -0.25) is 0 Å². The van der Waals surface area contributed by atoms with E-state index in [1.54, 1.807) is 24.3 Å². The number of esters is 1. The van der Waals surface area contributed by atoms with E-state index in [2.05, 4.69) is 0 Å². The first-order valence-electron chi connectivity index (χ1n) is 5.13. The standard InChI is InChI=1S/C13H14Cl2O2/c1-13(2,3)17-12(16)5-4-9-6-10(14)8-11(15)7-9/h4-8H,1-3H3. The molecule has 4 heteroatoms. The second-order valence-electron chi connectivity index (χ2n) is 4.57. The van der Waals surface area contributed by atoms with Crippen LogP contribution in [0.1, 0.15) is 26.3 Å². The van der Waals surface area contributed by atoms with Crippen LogP contribution in [0.3, 0.4) is 0 Å². The number of ether oxygens (including phenoxy) is 1. The number of carbonyl (C=O) groups is 1. The van der Waals surface area contributed by atoms with Gasteiger partial charge in [0.15, 0.2) is 0 Å². The van der Waals surface area contributed by atoms with Crippen molar-refractivity contribution >= 4 is 35.2 Å². The number of hydrogen-bond acceptors (Lipinski definition) is 2. The predicted molar refractivity (Wildman–Crippen MR) is 71.3 cm³/mol. The molecule has 1 rings (SSSR count). The van der Waals surface area contributed by atoms with E-state index in [1.165, 1.54) is 6.08 Å². The van der Waals surface area contributed by atoms with Gasteiger partial charge in [0.05, 0.1) is 0 Å². The molecule has 0 heterocycles. The molecule has 0 aromatic heterocycles. The van der Waals surface area contributed by atoms with Gasteiger partial charge in [0.2, 0.25) is 0 Å². The summed E-state index contributed by atoms with van der Waals surface area (Å²) in [7, 11) is 0. The maximum absolute atomic E-state index is 11.4. The molecule has 0 bridgehead atoms. The van der Waals surface area contributed by atoms with Crippen molar-refractivity contribution < 1.29 is 9.53 Å². The summed E-state index contributed by atoms with van der Waals surface area (Å²) in [5.41, 5.74) is 0.265. The van der Waals surface area contributed by atoms with Crippen molar-refractivity contribution in [2.75, 3.05) is 0 Å². The van der Waals surface area contributed by atoms with Gasteiger partial charge in [-0.2, -0.15) is 0 Å². The molecule has 0 saturated heterocycles. The van der Waals surface area contributed by atoms with Crippen LogP contribution < -0.4 is 0 Å². The summed E-state index contributed by atoms with van der Waals surface area (Å²) in [6, 6.07) is 5.07. The number of halogens is 2. The van der Waals surface area contributed by atoms with E-state index < -0.39 is 11.6 Å². The van der Waals surface area contributed by atoms with E-state index in [4.69, 9.17) is 27.9 Å². The fraction of sp³-hybridized carbons (Fsp3) is 0.308. The van der Waals surface area contributed by atoms with Crippen LogP contribution in [0.25, 0.3) is 6.08 Å². The number of rotatable bonds is 2. The first-order valence-corrected chi connectivity index (χ1v) is 5.89. The molecule has 0 spiro atoms. The van der Waals surface area contributed by atoms with Gasteiger partial charge >= 0.3 is 5.97 Å². The summed E-state index contributed by atoms with van der Waals surface area (Å²) >= 11 is 11.7. The fourth-order valence-electron chi connectivity index (χ4n) is 1.17. The van der Waals surface area contributed by atoms with Gasteiger partial charge < -0.3 is 4.74 Å². The summed E-state index contributed by atoms with van der Waals surface area (Å²) < 4.78 is 5.13. The molecule has 0 N–H and O–H groups in total. The van der Waals surface area contributed by atoms with Gasteiger partial charge in [-0.15, -0.1) is 0 Å². The van der Waals surface area contributed by atoms with Crippen molar-refractivity contribution in [2.45, 2.75) is 26.4 Å². The summed E-state index contributed by atoms with van der Waals surface area (Å²) in [4.78, 5) is 11.4. The highest BCUT2D eigenvalue weighted by molar-refractivity contribution is 6.34. The summed E-state index contributed by atoms with van der Waals surface area (Å²) in [5, 5.41) is 1.06. The van der Waals surface area contributed by atoms with Crippen LogP contribution in [0.4, 0.5) is 0 Å². The zero-order valence-electron chi connectivity index (χ0n) is 9.96. The Morgan fingerprint density at radius 2 is 1.71 bits per heavy atom. The molecule has 17 heavy (non-hydrogen) atoms. The molecule has 0 aliphatic carbocycles. The van der Waals surface area contributed by atoms with Crippen LogP contribution in [0.15, 0.2) is 24.3 Å². The van der Waals surface area contributed by atoms with Gasteiger partial charge in [0, 0.05) is 16.1 Å². The van der Waals surface area contributed by atoms with E-state index in [1.807, 2.05) is 20.8 Å². The van der Waals surface area contributed by atoms with Crippen LogP contribution in [0, 0.1) is 0 Å². The topological polar surface area (TPSA) is 26.3 Å². The van der Waals surface area contributed by atoms with Crippen LogP contribution in [-0.2, 0) is 9.53 Å². The third-order valence-corrected chi connectivity index (χ3v) is 2.14. The maximum Gasteiger partial charge on any atom is 0.331 e. The van der Waals surface area contributed by atoms with E-state index in [0.717, 1.165) is 5.56 Å². The number of carbonyl (C=O) groups excluding carboxylic acids is 1. The van der Waals surface area contributed by atoms with E-state index in [0.29, 0.717) is 10.0 Å². The highest BCUT2D eigenvalue weighted by Gasteiger charge is 2.13. The second kappa shape index (κ2) is 5.56. The lowest BCUT2D eigenvalue weighted by molar-refractivity contribution is -0.148. The molecule has 0 aliphatic rings. The Hall–Kier alpha value is -0.990. The monoisotopic (exact) mass is 272 g/mol. The molecule has 0 unspecified atom stereocenters. The molecular weight excluding hydrogens is 259 g/mol. The quantitative estimate of drug-likeness (QED) is 0.591. The molecule has 0 aliphatic heterocycles. The molecule has 1 aromatic rings. The SMILES string of the molecule is CC(C)(C)OC(=O)C=Cc1cc(Cl)cc(Cl)c1. The van der Waals surface area contributed by atoms with Crippen LogP contribution >= 0.6 is 23.2 Å². The summed E-state index contributed by atoms with van der Waals surface area (Å²) in [6.07, 6.45) is 2.97. The minimum atomic E-state index is -0.493. The minimum absolute atomic E-state index is 0.395. The Morgan fingerprint density at radius 1 is 1.18 bits per heavy atom. The van der Waals surface area contributed by atoms with Gasteiger partial charge in [-0.05, 0) is 50.6 Å². The average Bonchev–Trinajstić information content (AvgIpc) is 2.10. The molecule has 0 radical (unpaired) electrons. The predicted octanol–water partition coefficient (Wildman–Crippen LogP) is 4.35. The lowest BCUT2D eigenvalue weighted by atomic mass is 10.2. The van der Waals surface area contributed by atoms with Crippen molar-refractivity contribution in [2.24, 2.45) is 0 Å². The van der Waals surface area contributed by atoms with Gasteiger partial charge in [-0.1, -0.05) is 23.2 Å². The highest BCUT2D eigenvalue weighted by atomic mass is 35.5. The van der Waals surface area contributed by atoms with Crippen LogP contribution in [0.5, 0.6) is 0 Å². The van der Waals surface area contributed by atoms with Crippen molar-refractivity contribution in [1.82, 2.24) is 0 Å². The zero-order chi connectivity index (χ0) is 13.1. The van der Waals surface area contributed by atoms with E-state index >= 15 is 0 Å². The second-order valence-corrected chi connectivity index (χ2v) is 5.44. The molecule has 0 amide bonds. The van der Waals surface area contributed by atoms with E-state index in [-0.39, 0.29) is 0 Å². The molecular formula is C13H14Cl2O2. The van der Waals surface area contributed by atoms with Crippen LogP contribution in [0.2, 0.25) is 10.0 Å². The Morgan fingerprint density at radius 3 is 2.18 bits per heavy atom. The largest absolute Gasteiger partial charge is 0.457 e. The van der Waals surface area contributed by atoms with Crippen molar-refractivity contribution in [3.05, 3.63) is 39.9 Å².